The number of aromatic hydroxyl groups is 1. The highest BCUT2D eigenvalue weighted by molar-refractivity contribution is 6.39. The summed E-state index contributed by atoms with van der Waals surface area (Å²) in [4.78, 5) is 25.6. The molecule has 0 aromatic heterocycles. The highest BCUT2D eigenvalue weighted by Gasteiger charge is 2.30. The van der Waals surface area contributed by atoms with Crippen molar-refractivity contribution in [2.75, 3.05) is 0 Å². The maximum atomic E-state index is 12.9. The van der Waals surface area contributed by atoms with E-state index in [0.717, 1.165) is 11.1 Å². The predicted octanol–water partition coefficient (Wildman–Crippen LogP) is 4.83. The lowest BCUT2D eigenvalue weighted by atomic mass is 9.84. The Morgan fingerprint density at radius 3 is 2.08 bits per heavy atom. The maximum Gasteiger partial charge on any atom is 0.194 e. The molecular formula is C23H16O3. The van der Waals surface area contributed by atoms with E-state index in [9.17, 15) is 14.7 Å². The number of ketones is 2. The first-order valence-corrected chi connectivity index (χ1v) is 8.35. The molecule has 126 valence electrons. The van der Waals surface area contributed by atoms with Crippen molar-refractivity contribution in [3.05, 3.63) is 95.1 Å². The summed E-state index contributed by atoms with van der Waals surface area (Å²) < 4.78 is 0. The van der Waals surface area contributed by atoms with Crippen molar-refractivity contribution in [2.24, 2.45) is 0 Å². The van der Waals surface area contributed by atoms with Crippen LogP contribution in [0.3, 0.4) is 0 Å². The Bertz CT molecular complexity index is 1060. The molecule has 0 atom stereocenters. The molecule has 1 N–H and O–H groups in total. The molecule has 0 unspecified atom stereocenters. The molecule has 0 fully saturated rings. The fraction of sp³-hybridized carbons (Fsp3) is 0.0435. The Balaban J connectivity index is 1.84. The first-order valence-electron chi connectivity index (χ1n) is 8.35. The Morgan fingerprint density at radius 2 is 1.38 bits per heavy atom. The van der Waals surface area contributed by atoms with Crippen LogP contribution in [0.5, 0.6) is 5.75 Å². The van der Waals surface area contributed by atoms with Gasteiger partial charge in [0.05, 0.1) is 5.56 Å². The molecule has 3 aromatic rings. The Hall–Kier alpha value is -3.46. The van der Waals surface area contributed by atoms with E-state index in [4.69, 9.17) is 0 Å². The molecule has 0 bridgehead atoms. The fourth-order valence-electron chi connectivity index (χ4n) is 3.24. The van der Waals surface area contributed by atoms with Crippen LogP contribution in [0.2, 0.25) is 0 Å². The average molecular weight is 340 g/mol. The van der Waals surface area contributed by atoms with Gasteiger partial charge in [0.25, 0.3) is 0 Å². The number of phenols is 1. The van der Waals surface area contributed by atoms with Crippen LogP contribution in [0, 0.1) is 6.92 Å². The van der Waals surface area contributed by atoms with E-state index < -0.39 is 0 Å². The van der Waals surface area contributed by atoms with E-state index in [1.807, 2.05) is 49.4 Å². The van der Waals surface area contributed by atoms with Gasteiger partial charge in [-0.2, -0.15) is 0 Å². The first-order chi connectivity index (χ1) is 12.6. The fourth-order valence-corrected chi connectivity index (χ4v) is 3.24. The summed E-state index contributed by atoms with van der Waals surface area (Å²) in [5.74, 6) is -0.755. The highest BCUT2D eigenvalue weighted by Crippen LogP contribution is 2.38. The number of aryl methyl sites for hydroxylation is 1. The molecule has 0 saturated carbocycles. The van der Waals surface area contributed by atoms with Gasteiger partial charge in [0.2, 0.25) is 0 Å². The van der Waals surface area contributed by atoms with Crippen molar-refractivity contribution in [2.45, 2.75) is 6.92 Å². The van der Waals surface area contributed by atoms with E-state index in [1.54, 1.807) is 24.3 Å². The predicted molar refractivity (Wildman–Crippen MR) is 101 cm³/mol. The number of fused-ring (bicyclic) bond motifs is 1. The van der Waals surface area contributed by atoms with Crippen LogP contribution in [0.25, 0.3) is 16.7 Å². The SMILES string of the molecule is Cc1ccc(-c2ccc3c(c2O)C(=O)C=C(c2ccccc2)C3=O)cc1. The number of allylic oxidation sites excluding steroid dienone is 2. The zero-order valence-electron chi connectivity index (χ0n) is 14.2. The third-order valence-corrected chi connectivity index (χ3v) is 4.64. The zero-order chi connectivity index (χ0) is 18.3. The van der Waals surface area contributed by atoms with Gasteiger partial charge in [-0.3, -0.25) is 9.59 Å². The number of hydrogen-bond donors (Lipinski definition) is 1. The molecular weight excluding hydrogens is 324 g/mol. The lowest BCUT2D eigenvalue weighted by molar-refractivity contribution is 0.0999. The van der Waals surface area contributed by atoms with Gasteiger partial charge in [-0.1, -0.05) is 60.2 Å². The summed E-state index contributed by atoms with van der Waals surface area (Å²) in [6, 6.07) is 20.1. The summed E-state index contributed by atoms with van der Waals surface area (Å²) in [6.07, 6.45) is 1.32. The van der Waals surface area contributed by atoms with Crippen molar-refractivity contribution >= 4 is 17.1 Å². The topological polar surface area (TPSA) is 54.4 Å². The third kappa shape index (κ3) is 2.54. The molecule has 0 saturated heterocycles. The molecule has 3 aromatic carbocycles. The van der Waals surface area contributed by atoms with Crippen LogP contribution in [-0.4, -0.2) is 16.7 Å². The van der Waals surface area contributed by atoms with E-state index in [2.05, 4.69) is 0 Å². The lowest BCUT2D eigenvalue weighted by Crippen LogP contribution is -2.16. The smallest absolute Gasteiger partial charge is 0.194 e. The molecule has 0 spiro atoms. The molecule has 0 radical (unpaired) electrons. The van der Waals surface area contributed by atoms with Crippen molar-refractivity contribution in [1.29, 1.82) is 0 Å². The molecule has 3 heteroatoms. The lowest BCUT2D eigenvalue weighted by Gasteiger charge is -2.18. The van der Waals surface area contributed by atoms with Crippen molar-refractivity contribution in [3.63, 3.8) is 0 Å². The quantitative estimate of drug-likeness (QED) is 0.727. The monoisotopic (exact) mass is 340 g/mol. The second kappa shape index (κ2) is 6.12. The number of phenolic OH excluding ortho intramolecular Hbond substituents is 1. The Labute approximate surface area is 151 Å². The van der Waals surface area contributed by atoms with Gasteiger partial charge in [-0.05, 0) is 36.3 Å². The maximum absolute atomic E-state index is 12.9. The van der Waals surface area contributed by atoms with E-state index in [0.29, 0.717) is 16.7 Å². The number of carbonyl (C=O) groups is 2. The summed E-state index contributed by atoms with van der Waals surface area (Å²) in [6.45, 7) is 1.98. The van der Waals surface area contributed by atoms with Crippen molar-refractivity contribution in [3.8, 4) is 16.9 Å². The van der Waals surface area contributed by atoms with Gasteiger partial charge >= 0.3 is 0 Å². The largest absolute Gasteiger partial charge is 0.507 e. The summed E-state index contributed by atoms with van der Waals surface area (Å²) in [7, 11) is 0. The molecule has 1 aliphatic carbocycles. The molecule has 0 heterocycles. The molecule has 1 aliphatic rings. The Kier molecular flexibility index (Phi) is 3.77. The van der Waals surface area contributed by atoms with Gasteiger partial charge in [0, 0.05) is 16.7 Å². The van der Waals surface area contributed by atoms with E-state index in [1.165, 1.54) is 6.08 Å². The van der Waals surface area contributed by atoms with Gasteiger partial charge in [-0.15, -0.1) is 0 Å². The Morgan fingerprint density at radius 1 is 0.731 bits per heavy atom. The van der Waals surface area contributed by atoms with E-state index in [-0.39, 0.29) is 28.4 Å². The normalized spacial score (nSPS) is 13.3. The van der Waals surface area contributed by atoms with Crippen LogP contribution >= 0.6 is 0 Å². The minimum absolute atomic E-state index is 0.0766. The van der Waals surface area contributed by atoms with Gasteiger partial charge < -0.3 is 5.11 Å². The molecule has 4 rings (SSSR count). The number of hydrogen-bond acceptors (Lipinski definition) is 3. The number of benzene rings is 3. The minimum Gasteiger partial charge on any atom is -0.507 e. The molecule has 3 nitrogen and oxygen atoms in total. The van der Waals surface area contributed by atoms with Gasteiger partial charge in [0.15, 0.2) is 11.6 Å². The minimum atomic E-state index is -0.357. The molecule has 0 aliphatic heterocycles. The highest BCUT2D eigenvalue weighted by atomic mass is 16.3. The van der Waals surface area contributed by atoms with Crippen LogP contribution in [-0.2, 0) is 0 Å². The van der Waals surface area contributed by atoms with Crippen molar-refractivity contribution in [1.82, 2.24) is 0 Å². The third-order valence-electron chi connectivity index (χ3n) is 4.64. The molecule has 26 heavy (non-hydrogen) atoms. The van der Waals surface area contributed by atoms with Gasteiger partial charge in [-0.25, -0.2) is 0 Å². The van der Waals surface area contributed by atoms with Crippen LogP contribution < -0.4 is 0 Å². The van der Waals surface area contributed by atoms with Crippen LogP contribution in [0.4, 0.5) is 0 Å². The zero-order valence-corrected chi connectivity index (χ0v) is 14.2. The van der Waals surface area contributed by atoms with Crippen LogP contribution in [0.15, 0.2) is 72.8 Å². The van der Waals surface area contributed by atoms with Crippen LogP contribution in [0.1, 0.15) is 31.8 Å². The summed E-state index contributed by atoms with van der Waals surface area (Å²) in [5.41, 5.74) is 3.81. The van der Waals surface area contributed by atoms with E-state index >= 15 is 0 Å². The second-order valence-electron chi connectivity index (χ2n) is 6.37. The number of rotatable bonds is 2. The standard InChI is InChI=1S/C23H16O3/c1-14-7-9-16(10-8-14)17-11-12-18-21(23(17)26)20(24)13-19(22(18)25)15-5-3-2-4-6-15/h2-13,26H,1H3. The van der Waals surface area contributed by atoms with Crippen molar-refractivity contribution < 1.29 is 14.7 Å². The number of Topliss-reactive ketones (excluding diaryl/α,β-unsaturated/α-hetero) is 1. The first kappa shape index (κ1) is 16.0. The summed E-state index contributed by atoms with van der Waals surface area (Å²) >= 11 is 0. The second-order valence-corrected chi connectivity index (χ2v) is 6.37. The van der Waals surface area contributed by atoms with Gasteiger partial charge in [0.1, 0.15) is 5.75 Å². The summed E-state index contributed by atoms with van der Waals surface area (Å²) in [5, 5.41) is 10.7. The average Bonchev–Trinajstić information content (AvgIpc) is 2.66. The number of carbonyl (C=O) groups excluding carboxylic acids is 2. The molecule has 0 amide bonds.